The minimum absolute atomic E-state index is 0.123. The van der Waals surface area contributed by atoms with Gasteiger partial charge in [0.1, 0.15) is 11.7 Å². The van der Waals surface area contributed by atoms with E-state index in [1.807, 2.05) is 11.9 Å². The summed E-state index contributed by atoms with van der Waals surface area (Å²) in [7, 11) is 1.84. The molecule has 18 heavy (non-hydrogen) atoms. The van der Waals surface area contributed by atoms with Gasteiger partial charge in [0.15, 0.2) is 0 Å². The molecular formula is C13H18FN3O. The maximum absolute atomic E-state index is 13.9. The maximum atomic E-state index is 13.9. The normalized spacial score (nSPS) is 18.9. The largest absolute Gasteiger partial charge is 0.384 e. The molecule has 0 spiro atoms. The van der Waals surface area contributed by atoms with Gasteiger partial charge >= 0.3 is 0 Å². The highest BCUT2D eigenvalue weighted by molar-refractivity contribution is 5.95. The van der Waals surface area contributed by atoms with Crippen molar-refractivity contribution >= 4 is 11.5 Å². The third-order valence-electron chi connectivity index (χ3n) is 3.17. The number of ether oxygens (including phenoxy) is 1. The van der Waals surface area contributed by atoms with Crippen molar-refractivity contribution in [1.29, 1.82) is 5.41 Å². The molecule has 0 radical (unpaired) electrons. The van der Waals surface area contributed by atoms with Gasteiger partial charge in [-0.2, -0.15) is 0 Å². The Morgan fingerprint density at radius 3 is 2.94 bits per heavy atom. The van der Waals surface area contributed by atoms with Crippen molar-refractivity contribution < 1.29 is 9.13 Å². The summed E-state index contributed by atoms with van der Waals surface area (Å²) >= 11 is 0. The zero-order valence-corrected chi connectivity index (χ0v) is 10.4. The Morgan fingerprint density at radius 2 is 2.39 bits per heavy atom. The lowest BCUT2D eigenvalue weighted by molar-refractivity contribution is 0.116. The molecule has 2 rings (SSSR count). The first-order valence-corrected chi connectivity index (χ1v) is 6.04. The number of nitrogen functional groups attached to an aromatic ring is 1. The molecule has 98 valence electrons. The number of benzene rings is 1. The molecule has 0 saturated carbocycles. The zero-order valence-electron chi connectivity index (χ0n) is 10.4. The lowest BCUT2D eigenvalue weighted by Crippen LogP contribution is -2.29. The van der Waals surface area contributed by atoms with Gasteiger partial charge in [-0.1, -0.05) is 0 Å². The van der Waals surface area contributed by atoms with Crippen molar-refractivity contribution in [3.8, 4) is 0 Å². The van der Waals surface area contributed by atoms with Gasteiger partial charge < -0.3 is 15.4 Å². The smallest absolute Gasteiger partial charge is 0.147 e. The summed E-state index contributed by atoms with van der Waals surface area (Å²) in [5.74, 6) is -0.481. The average molecular weight is 251 g/mol. The second-order valence-electron chi connectivity index (χ2n) is 4.60. The third-order valence-corrected chi connectivity index (χ3v) is 3.17. The van der Waals surface area contributed by atoms with Gasteiger partial charge in [-0.15, -0.1) is 0 Å². The van der Waals surface area contributed by atoms with Crippen molar-refractivity contribution in [3.63, 3.8) is 0 Å². The molecule has 0 aromatic heterocycles. The molecule has 3 N–H and O–H groups in total. The van der Waals surface area contributed by atoms with Gasteiger partial charge in [-0.3, -0.25) is 5.41 Å². The second-order valence-corrected chi connectivity index (χ2v) is 4.60. The van der Waals surface area contributed by atoms with Crippen LogP contribution in [0.3, 0.4) is 0 Å². The Bertz CT molecular complexity index is 444. The van der Waals surface area contributed by atoms with Gasteiger partial charge in [0.25, 0.3) is 0 Å². The van der Waals surface area contributed by atoms with E-state index in [0.29, 0.717) is 17.8 Å². The van der Waals surface area contributed by atoms with E-state index < -0.39 is 0 Å². The number of amidine groups is 1. The molecule has 5 heteroatoms. The highest BCUT2D eigenvalue weighted by Crippen LogP contribution is 2.21. The summed E-state index contributed by atoms with van der Waals surface area (Å²) in [6.45, 7) is 1.47. The Hall–Kier alpha value is -1.62. The molecule has 1 unspecified atom stereocenters. The average Bonchev–Trinajstić information content (AvgIpc) is 2.81. The number of nitrogens with zero attached hydrogens (tertiary/aromatic N) is 1. The van der Waals surface area contributed by atoms with E-state index in [1.54, 1.807) is 12.1 Å². The third kappa shape index (κ3) is 2.79. The molecular weight excluding hydrogens is 233 g/mol. The summed E-state index contributed by atoms with van der Waals surface area (Å²) in [4.78, 5) is 1.84. The van der Waals surface area contributed by atoms with Crippen LogP contribution in [0.15, 0.2) is 18.2 Å². The Labute approximate surface area is 106 Å². The van der Waals surface area contributed by atoms with Gasteiger partial charge in [0, 0.05) is 25.8 Å². The molecule has 1 saturated heterocycles. The minimum atomic E-state index is -0.358. The highest BCUT2D eigenvalue weighted by Gasteiger charge is 2.19. The van der Waals surface area contributed by atoms with Crippen LogP contribution in [0.1, 0.15) is 18.4 Å². The van der Waals surface area contributed by atoms with E-state index in [0.717, 1.165) is 19.4 Å². The Morgan fingerprint density at radius 1 is 1.61 bits per heavy atom. The number of hydrogen-bond donors (Lipinski definition) is 2. The molecule has 0 amide bonds. The van der Waals surface area contributed by atoms with Crippen LogP contribution in [0.5, 0.6) is 0 Å². The molecule has 4 nitrogen and oxygen atoms in total. The fourth-order valence-corrected chi connectivity index (χ4v) is 2.18. The number of nitrogens with two attached hydrogens (primary N) is 1. The lowest BCUT2D eigenvalue weighted by atomic mass is 10.1. The summed E-state index contributed by atoms with van der Waals surface area (Å²) in [6, 6.07) is 4.61. The number of rotatable bonds is 4. The highest BCUT2D eigenvalue weighted by atomic mass is 19.1. The second kappa shape index (κ2) is 5.35. The first-order chi connectivity index (χ1) is 8.58. The Kier molecular flexibility index (Phi) is 3.81. The fraction of sp³-hybridized carbons (Fsp3) is 0.462. The van der Waals surface area contributed by atoms with Crippen LogP contribution in [-0.2, 0) is 4.74 Å². The predicted molar refractivity (Wildman–Crippen MR) is 69.7 cm³/mol. The molecule has 1 aliphatic heterocycles. The van der Waals surface area contributed by atoms with Crippen LogP contribution in [0.4, 0.5) is 10.1 Å². The standard InChI is InChI=1S/C13H18FN3O/c1-17(8-10-3-2-6-18-10)12-5-4-9(13(15)16)7-11(12)14/h4-5,7,10H,2-3,6,8H2,1H3,(H3,15,16). The van der Waals surface area contributed by atoms with Crippen LogP contribution in [0.2, 0.25) is 0 Å². The first-order valence-electron chi connectivity index (χ1n) is 6.04. The number of nitrogens with one attached hydrogen (secondary N) is 1. The predicted octanol–water partition coefficient (Wildman–Crippen LogP) is 1.72. The van der Waals surface area contributed by atoms with Crippen molar-refractivity contribution in [1.82, 2.24) is 0 Å². The lowest BCUT2D eigenvalue weighted by Gasteiger charge is -2.23. The molecule has 1 atom stereocenters. The van der Waals surface area contributed by atoms with Crippen LogP contribution in [0, 0.1) is 11.2 Å². The molecule has 1 aliphatic rings. The van der Waals surface area contributed by atoms with Gasteiger partial charge in [-0.25, -0.2) is 4.39 Å². The molecule has 1 heterocycles. The van der Waals surface area contributed by atoms with E-state index >= 15 is 0 Å². The molecule has 1 fully saturated rings. The van der Waals surface area contributed by atoms with E-state index in [9.17, 15) is 4.39 Å². The quantitative estimate of drug-likeness (QED) is 0.632. The zero-order chi connectivity index (χ0) is 13.1. The van der Waals surface area contributed by atoms with Crippen LogP contribution < -0.4 is 10.6 Å². The number of anilines is 1. The summed E-state index contributed by atoms with van der Waals surface area (Å²) in [5.41, 5.74) is 6.24. The van der Waals surface area contributed by atoms with Crippen molar-refractivity contribution in [3.05, 3.63) is 29.6 Å². The molecule has 0 aliphatic carbocycles. The maximum Gasteiger partial charge on any atom is 0.147 e. The van der Waals surface area contributed by atoms with Gasteiger partial charge in [-0.05, 0) is 31.0 Å². The fourth-order valence-electron chi connectivity index (χ4n) is 2.18. The molecule has 1 aromatic rings. The van der Waals surface area contributed by atoms with Crippen LogP contribution in [-0.4, -0.2) is 32.1 Å². The monoisotopic (exact) mass is 251 g/mol. The summed E-state index contributed by atoms with van der Waals surface area (Å²) in [5, 5.41) is 7.27. The number of likely N-dealkylation sites (N-methyl/N-ethyl adjacent to an activating group) is 1. The SMILES string of the molecule is CN(CC1CCCO1)c1ccc(C(=N)N)cc1F. The molecule has 1 aromatic carbocycles. The van der Waals surface area contributed by atoms with E-state index in [-0.39, 0.29) is 17.8 Å². The first kappa shape index (κ1) is 12.8. The van der Waals surface area contributed by atoms with E-state index in [1.165, 1.54) is 6.07 Å². The topological polar surface area (TPSA) is 62.3 Å². The number of halogens is 1. The minimum Gasteiger partial charge on any atom is -0.384 e. The summed E-state index contributed by atoms with van der Waals surface area (Å²) in [6.07, 6.45) is 2.28. The van der Waals surface area contributed by atoms with Crippen molar-refractivity contribution in [2.24, 2.45) is 5.73 Å². The van der Waals surface area contributed by atoms with E-state index in [2.05, 4.69) is 0 Å². The van der Waals surface area contributed by atoms with Crippen molar-refractivity contribution in [2.75, 3.05) is 25.1 Å². The van der Waals surface area contributed by atoms with Crippen LogP contribution in [0.25, 0.3) is 0 Å². The van der Waals surface area contributed by atoms with Crippen LogP contribution >= 0.6 is 0 Å². The van der Waals surface area contributed by atoms with Crippen molar-refractivity contribution in [2.45, 2.75) is 18.9 Å². The summed E-state index contributed by atoms with van der Waals surface area (Å²) < 4.78 is 19.4. The van der Waals surface area contributed by atoms with Gasteiger partial charge in [0.2, 0.25) is 0 Å². The molecule has 0 bridgehead atoms. The van der Waals surface area contributed by atoms with E-state index in [4.69, 9.17) is 15.9 Å². The Balaban J connectivity index is 2.09. The van der Waals surface area contributed by atoms with Gasteiger partial charge in [0.05, 0.1) is 11.8 Å². The number of hydrogen-bond acceptors (Lipinski definition) is 3.